The van der Waals surface area contributed by atoms with Crippen molar-refractivity contribution in [3.05, 3.63) is 144 Å². The van der Waals surface area contributed by atoms with Gasteiger partial charge in [0.15, 0.2) is 0 Å². The van der Waals surface area contributed by atoms with Crippen molar-refractivity contribution >= 4 is 45.6 Å². The van der Waals surface area contributed by atoms with Crippen molar-refractivity contribution in [3.8, 4) is 33.8 Å². The van der Waals surface area contributed by atoms with Gasteiger partial charge in [-0.1, -0.05) is 103 Å². The van der Waals surface area contributed by atoms with Crippen LogP contribution < -0.4 is 15.7 Å². The second kappa shape index (κ2) is 7.64. The van der Waals surface area contributed by atoms with Crippen molar-refractivity contribution in [2.45, 2.75) is 5.92 Å². The van der Waals surface area contributed by atoms with Gasteiger partial charge in [0.1, 0.15) is 11.5 Å². The first kappa shape index (κ1) is 22.1. The lowest BCUT2D eigenvalue weighted by Gasteiger charge is -2.32. The van der Waals surface area contributed by atoms with E-state index in [-0.39, 0.29) is 12.8 Å². The minimum Gasteiger partial charge on any atom is -0.458 e. The molecule has 2 aliphatic heterocycles. The van der Waals surface area contributed by atoms with Gasteiger partial charge in [-0.3, -0.25) is 4.40 Å². The molecule has 0 amide bonds. The quantitative estimate of drug-likeness (QED) is 0.202. The summed E-state index contributed by atoms with van der Waals surface area (Å²) in [5.41, 5.74) is 16.0. The third kappa shape index (κ3) is 2.58. The minimum atomic E-state index is -0.0285. The Kier molecular flexibility index (Phi) is 3.93. The Balaban J connectivity index is 1.27. The molecule has 4 nitrogen and oxygen atoms in total. The van der Waals surface area contributed by atoms with Crippen LogP contribution in [0, 0.1) is 0 Å². The Bertz CT molecular complexity index is 2480. The zero-order chi connectivity index (χ0) is 27.8. The lowest BCUT2D eigenvalue weighted by molar-refractivity contribution is 0.487. The molecule has 8 aromatic rings. The van der Waals surface area contributed by atoms with E-state index in [1.165, 1.54) is 60.9 Å². The van der Waals surface area contributed by atoms with Crippen LogP contribution in [0.5, 0.6) is 11.5 Å². The maximum absolute atomic E-state index is 6.50. The molecule has 5 heteroatoms. The van der Waals surface area contributed by atoms with Crippen LogP contribution in [0.1, 0.15) is 22.6 Å². The number of rotatable bonds is 1. The monoisotopic (exact) mass is 547 g/mol. The second-order valence-corrected chi connectivity index (χ2v) is 11.9. The van der Waals surface area contributed by atoms with Crippen LogP contribution in [0.2, 0.25) is 0 Å². The van der Waals surface area contributed by atoms with Gasteiger partial charge in [0.25, 0.3) is 0 Å². The summed E-state index contributed by atoms with van der Waals surface area (Å²) < 4.78 is 11.3. The molecule has 1 aliphatic carbocycles. The number of ether oxygens (including phenoxy) is 1. The van der Waals surface area contributed by atoms with Crippen molar-refractivity contribution in [3.63, 3.8) is 0 Å². The van der Waals surface area contributed by atoms with Gasteiger partial charge in [-0.05, 0) is 63.1 Å². The molecule has 0 spiro atoms. The van der Waals surface area contributed by atoms with Crippen molar-refractivity contribution in [1.29, 1.82) is 0 Å². The van der Waals surface area contributed by atoms with E-state index in [9.17, 15) is 0 Å². The van der Waals surface area contributed by atoms with Gasteiger partial charge in [-0.2, -0.15) is 0 Å². The minimum absolute atomic E-state index is 0.0285. The van der Waals surface area contributed by atoms with Gasteiger partial charge in [0, 0.05) is 16.9 Å². The first-order chi connectivity index (χ1) is 21.4. The lowest BCUT2D eigenvalue weighted by atomic mass is 9.46. The fraction of sp³-hybridized carbons (Fsp3) is 0.0263. The molecule has 198 valence electrons. The summed E-state index contributed by atoms with van der Waals surface area (Å²) in [7, 11) is 0. The molecule has 0 radical (unpaired) electrons. The Labute approximate surface area is 247 Å². The summed E-state index contributed by atoms with van der Waals surface area (Å²) in [6.07, 6.45) is 0. The van der Waals surface area contributed by atoms with Crippen LogP contribution in [0.25, 0.3) is 50.1 Å². The van der Waals surface area contributed by atoms with E-state index < -0.39 is 0 Å². The highest BCUT2D eigenvalue weighted by Gasteiger charge is 2.42. The number of fused-ring (bicyclic) bond motifs is 12. The lowest BCUT2D eigenvalue weighted by Crippen LogP contribution is -2.54. The zero-order valence-electron chi connectivity index (χ0n) is 23.0. The molecule has 0 unspecified atom stereocenters. The van der Waals surface area contributed by atoms with E-state index in [2.05, 4.69) is 136 Å². The SMILES string of the molecule is c1ccc2c(c1)Oc1cccc3c1B2n1c2c-3cccc2n2c3cccc(C4c5ccccc5-c5ccccc54)c3nc12. The van der Waals surface area contributed by atoms with Crippen LogP contribution in [0.15, 0.2) is 127 Å². The molecule has 0 saturated carbocycles. The van der Waals surface area contributed by atoms with E-state index in [1.54, 1.807) is 0 Å². The van der Waals surface area contributed by atoms with Crippen LogP contribution >= 0.6 is 0 Å². The van der Waals surface area contributed by atoms with Crippen LogP contribution in [-0.4, -0.2) is 20.7 Å². The first-order valence-electron chi connectivity index (χ1n) is 14.9. The third-order valence-corrected chi connectivity index (χ3v) is 9.88. The number of aromatic nitrogens is 3. The molecule has 11 rings (SSSR count). The molecule has 4 heterocycles. The Hall–Kier alpha value is -5.55. The summed E-state index contributed by atoms with van der Waals surface area (Å²) in [6.45, 7) is -0.0285. The Morgan fingerprint density at radius 1 is 0.558 bits per heavy atom. The van der Waals surface area contributed by atoms with Gasteiger partial charge in [-0.15, -0.1) is 0 Å². The molecule has 3 aliphatic rings. The van der Waals surface area contributed by atoms with Gasteiger partial charge >= 0.3 is 6.85 Å². The van der Waals surface area contributed by atoms with Gasteiger partial charge in [-0.25, -0.2) is 4.98 Å². The zero-order valence-corrected chi connectivity index (χ0v) is 23.0. The number of hydrogen-bond acceptors (Lipinski definition) is 2. The average Bonchev–Trinajstić information content (AvgIpc) is 3.71. The van der Waals surface area contributed by atoms with E-state index in [0.29, 0.717) is 0 Å². The highest BCUT2D eigenvalue weighted by Crippen LogP contribution is 2.49. The van der Waals surface area contributed by atoms with Gasteiger partial charge in [0.05, 0.1) is 22.1 Å². The van der Waals surface area contributed by atoms with Gasteiger partial charge < -0.3 is 9.21 Å². The van der Waals surface area contributed by atoms with Crippen LogP contribution in [0.3, 0.4) is 0 Å². The summed E-state index contributed by atoms with van der Waals surface area (Å²) >= 11 is 0. The van der Waals surface area contributed by atoms with Gasteiger partial charge in [0.2, 0.25) is 5.78 Å². The predicted octanol–water partition coefficient (Wildman–Crippen LogP) is 7.34. The number of imidazole rings is 2. The normalized spacial score (nSPS) is 14.1. The van der Waals surface area contributed by atoms with Crippen molar-refractivity contribution in [1.82, 2.24) is 13.9 Å². The molecule has 6 aromatic carbocycles. The predicted molar refractivity (Wildman–Crippen MR) is 173 cm³/mol. The third-order valence-electron chi connectivity index (χ3n) is 9.88. The Morgan fingerprint density at radius 3 is 2.05 bits per heavy atom. The van der Waals surface area contributed by atoms with E-state index in [1.807, 2.05) is 0 Å². The molecule has 0 bridgehead atoms. The molecule has 43 heavy (non-hydrogen) atoms. The fourth-order valence-corrected chi connectivity index (χ4v) is 8.25. The molecule has 0 saturated heterocycles. The van der Waals surface area contributed by atoms with Crippen molar-refractivity contribution < 1.29 is 4.74 Å². The second-order valence-electron chi connectivity index (χ2n) is 11.9. The first-order valence-corrected chi connectivity index (χ1v) is 14.9. The molecular formula is C38H22BN3O. The van der Waals surface area contributed by atoms with Crippen molar-refractivity contribution in [2.24, 2.45) is 0 Å². The average molecular weight is 547 g/mol. The van der Waals surface area contributed by atoms with E-state index >= 15 is 0 Å². The van der Waals surface area contributed by atoms with E-state index in [4.69, 9.17) is 9.72 Å². The maximum Gasteiger partial charge on any atom is 0.339 e. The molecular weight excluding hydrogens is 525 g/mol. The fourth-order valence-electron chi connectivity index (χ4n) is 8.25. The molecule has 0 N–H and O–H groups in total. The number of benzene rings is 6. The van der Waals surface area contributed by atoms with Crippen molar-refractivity contribution in [2.75, 3.05) is 0 Å². The largest absolute Gasteiger partial charge is 0.458 e. The number of para-hydroxylation sites is 3. The van der Waals surface area contributed by atoms with Crippen LogP contribution in [0.4, 0.5) is 0 Å². The van der Waals surface area contributed by atoms with E-state index in [0.717, 1.165) is 28.3 Å². The summed E-state index contributed by atoms with van der Waals surface area (Å²) in [5, 5.41) is 0. The molecule has 0 fully saturated rings. The molecule has 2 aromatic heterocycles. The smallest absolute Gasteiger partial charge is 0.339 e. The van der Waals surface area contributed by atoms with Crippen LogP contribution in [-0.2, 0) is 0 Å². The number of nitrogens with zero attached hydrogens (tertiary/aromatic N) is 3. The topological polar surface area (TPSA) is 31.5 Å². The summed E-state index contributed by atoms with van der Waals surface area (Å²) in [4.78, 5) is 5.57. The Morgan fingerprint density at radius 2 is 1.19 bits per heavy atom. The molecule has 0 atom stereocenters. The highest BCUT2D eigenvalue weighted by atomic mass is 16.5. The maximum atomic E-state index is 6.50. The summed E-state index contributed by atoms with van der Waals surface area (Å²) in [5.74, 6) is 2.93. The summed E-state index contributed by atoms with van der Waals surface area (Å²) in [6, 6.07) is 46.0. The number of hydrogen-bond donors (Lipinski definition) is 0. The highest BCUT2D eigenvalue weighted by molar-refractivity contribution is 6.88. The standard InChI is InChI=1S/C38H22BN3O/c1-3-12-24-22(10-1)23-11-2-4-13-25(23)34(24)28-16-8-18-30-36(28)40-38-41(30)31-19-7-15-27-26-14-9-21-33-35(26)39(42(38)37(27)31)29-17-5-6-20-32(29)43-33/h1-21,34H.